The molecule has 2 fully saturated rings. The Hall–Kier alpha value is -2.89. The van der Waals surface area contributed by atoms with Crippen molar-refractivity contribution in [2.75, 3.05) is 40.2 Å². The van der Waals surface area contributed by atoms with Crippen molar-refractivity contribution in [3.8, 4) is 11.5 Å². The second-order valence-electron chi connectivity index (χ2n) is 7.98. The summed E-state index contributed by atoms with van der Waals surface area (Å²) in [5.74, 6) is 0.209. The van der Waals surface area contributed by atoms with Crippen molar-refractivity contribution < 1.29 is 41.7 Å². The summed E-state index contributed by atoms with van der Waals surface area (Å²) in [4.78, 5) is 19.5. The first-order chi connectivity index (χ1) is 16.2. The molecular weight excluding hydrogens is 457 g/mol. The molecule has 4 rings (SSSR count). The van der Waals surface area contributed by atoms with Gasteiger partial charge in [0.1, 0.15) is 25.1 Å². The van der Waals surface area contributed by atoms with E-state index in [1.807, 2.05) is 25.1 Å². The molecule has 0 bridgehead atoms. The van der Waals surface area contributed by atoms with Crippen molar-refractivity contribution in [2.24, 2.45) is 0 Å². The number of carbonyl (C=O) groups is 1. The van der Waals surface area contributed by atoms with Gasteiger partial charge >= 0.3 is 6.36 Å². The summed E-state index contributed by atoms with van der Waals surface area (Å²) in [6, 6.07) is 10.3. The standard InChI is InChI=1S/C23H25F3N2O6/c1-15-4-3-5-19(27-15)22-8-9-28(13-20(22)32-14-34-22)21(29)16-6-7-17(18(12-16)30-2)31-10-11-33-23(24,25)26/h3-7,12,20H,8-11,13-14H2,1-2H3/t20-,22-/m1/s1. The summed E-state index contributed by atoms with van der Waals surface area (Å²) in [6.45, 7) is 1.80. The molecule has 1 amide bonds. The van der Waals surface area contributed by atoms with E-state index in [2.05, 4.69) is 9.72 Å². The lowest BCUT2D eigenvalue weighted by Gasteiger charge is -2.41. The molecule has 0 unspecified atom stereocenters. The van der Waals surface area contributed by atoms with Gasteiger partial charge in [-0.3, -0.25) is 14.5 Å². The minimum absolute atomic E-state index is 0.125. The average Bonchev–Trinajstić information content (AvgIpc) is 3.25. The van der Waals surface area contributed by atoms with Crippen LogP contribution in [0.1, 0.15) is 28.2 Å². The number of likely N-dealkylation sites (tertiary alicyclic amines) is 1. The predicted octanol–water partition coefficient (Wildman–Crippen LogP) is 3.43. The molecule has 1 aromatic heterocycles. The highest BCUT2D eigenvalue weighted by Gasteiger charge is 2.52. The highest BCUT2D eigenvalue weighted by atomic mass is 19.4. The Morgan fingerprint density at radius 3 is 2.79 bits per heavy atom. The van der Waals surface area contributed by atoms with Crippen LogP contribution in [-0.2, 0) is 19.8 Å². The number of hydrogen-bond acceptors (Lipinski definition) is 7. The van der Waals surface area contributed by atoms with Crippen molar-refractivity contribution in [2.45, 2.75) is 31.4 Å². The lowest BCUT2D eigenvalue weighted by atomic mass is 9.84. The van der Waals surface area contributed by atoms with E-state index in [1.165, 1.54) is 19.2 Å². The van der Waals surface area contributed by atoms with E-state index in [1.54, 1.807) is 11.0 Å². The first-order valence-corrected chi connectivity index (χ1v) is 10.7. The SMILES string of the molecule is COc1cc(C(=O)N2CC[C@]3(c4cccc(C)n4)OCO[C@@H]3C2)ccc1OCCOC(F)(F)F. The normalized spacial score (nSPS) is 22.4. The quantitative estimate of drug-likeness (QED) is 0.560. The van der Waals surface area contributed by atoms with Crippen LogP contribution in [0.5, 0.6) is 11.5 Å². The number of fused-ring (bicyclic) bond motifs is 1. The molecule has 184 valence electrons. The van der Waals surface area contributed by atoms with Crippen molar-refractivity contribution in [1.29, 1.82) is 0 Å². The topological polar surface area (TPSA) is 79.4 Å². The van der Waals surface area contributed by atoms with Gasteiger partial charge in [-0.2, -0.15) is 0 Å². The van der Waals surface area contributed by atoms with Crippen LogP contribution < -0.4 is 9.47 Å². The van der Waals surface area contributed by atoms with Gasteiger partial charge in [0.2, 0.25) is 0 Å². The second-order valence-corrected chi connectivity index (χ2v) is 7.98. The number of aromatic nitrogens is 1. The van der Waals surface area contributed by atoms with Gasteiger partial charge in [-0.15, -0.1) is 13.2 Å². The number of benzene rings is 1. The summed E-state index contributed by atoms with van der Waals surface area (Å²) in [6.07, 6.45) is -4.56. The number of carbonyl (C=O) groups excluding carboxylic acids is 1. The first kappa shape index (κ1) is 24.2. The Morgan fingerprint density at radius 1 is 1.24 bits per heavy atom. The van der Waals surface area contributed by atoms with E-state index in [9.17, 15) is 18.0 Å². The second kappa shape index (κ2) is 9.77. The fourth-order valence-electron chi connectivity index (χ4n) is 4.22. The zero-order valence-corrected chi connectivity index (χ0v) is 18.8. The van der Waals surface area contributed by atoms with Crippen LogP contribution in [0.2, 0.25) is 0 Å². The van der Waals surface area contributed by atoms with Gasteiger partial charge in [-0.1, -0.05) is 6.07 Å². The smallest absolute Gasteiger partial charge is 0.493 e. The van der Waals surface area contributed by atoms with Gasteiger partial charge in [0, 0.05) is 24.2 Å². The predicted molar refractivity (Wildman–Crippen MR) is 112 cm³/mol. The molecule has 2 aliphatic rings. The molecule has 8 nitrogen and oxygen atoms in total. The minimum atomic E-state index is -4.72. The van der Waals surface area contributed by atoms with Crippen LogP contribution in [0.15, 0.2) is 36.4 Å². The van der Waals surface area contributed by atoms with Gasteiger partial charge in [0.25, 0.3) is 5.91 Å². The van der Waals surface area contributed by atoms with Gasteiger partial charge in [0.05, 0.1) is 26.0 Å². The summed E-state index contributed by atoms with van der Waals surface area (Å²) >= 11 is 0. The van der Waals surface area contributed by atoms with Gasteiger partial charge in [0.15, 0.2) is 11.5 Å². The van der Waals surface area contributed by atoms with Crippen LogP contribution in [0.3, 0.4) is 0 Å². The average molecular weight is 482 g/mol. The van der Waals surface area contributed by atoms with Crippen LogP contribution in [0.25, 0.3) is 0 Å². The maximum Gasteiger partial charge on any atom is 0.522 e. The monoisotopic (exact) mass is 482 g/mol. The van der Waals surface area contributed by atoms with Crippen LogP contribution in [0.4, 0.5) is 13.2 Å². The molecular formula is C23H25F3N2O6. The highest BCUT2D eigenvalue weighted by molar-refractivity contribution is 5.95. The molecule has 2 aromatic rings. The summed E-state index contributed by atoms with van der Waals surface area (Å²) in [7, 11) is 1.39. The number of aryl methyl sites for hydroxylation is 1. The molecule has 2 atom stereocenters. The fraction of sp³-hybridized carbons (Fsp3) is 0.478. The van der Waals surface area contributed by atoms with Gasteiger partial charge in [-0.05, 0) is 37.3 Å². The van der Waals surface area contributed by atoms with Gasteiger partial charge < -0.3 is 23.8 Å². The number of pyridine rings is 1. The summed E-state index contributed by atoms with van der Waals surface area (Å²) in [5, 5.41) is 0. The fourth-order valence-corrected chi connectivity index (χ4v) is 4.22. The molecule has 2 aliphatic heterocycles. The number of alkyl halides is 3. The highest BCUT2D eigenvalue weighted by Crippen LogP contribution is 2.42. The van der Waals surface area contributed by atoms with Crippen molar-refractivity contribution >= 4 is 5.91 Å². The van der Waals surface area contributed by atoms with Gasteiger partial charge in [-0.25, -0.2) is 0 Å². The molecule has 11 heteroatoms. The number of amides is 1. The molecule has 34 heavy (non-hydrogen) atoms. The Kier molecular flexibility index (Phi) is 6.96. The maximum atomic E-state index is 13.2. The number of piperidine rings is 1. The minimum Gasteiger partial charge on any atom is -0.493 e. The molecule has 2 saturated heterocycles. The van der Waals surface area contributed by atoms with E-state index >= 15 is 0 Å². The maximum absolute atomic E-state index is 13.2. The van der Waals surface area contributed by atoms with Crippen molar-refractivity contribution in [3.63, 3.8) is 0 Å². The zero-order chi connectivity index (χ0) is 24.3. The summed E-state index contributed by atoms with van der Waals surface area (Å²) in [5.41, 5.74) is 1.33. The molecule has 0 saturated carbocycles. The lowest BCUT2D eigenvalue weighted by Crippen LogP contribution is -2.53. The number of ether oxygens (including phenoxy) is 5. The third kappa shape index (κ3) is 5.11. The number of nitrogens with zero attached hydrogens (tertiary/aromatic N) is 2. The molecule has 3 heterocycles. The van der Waals surface area contributed by atoms with Crippen molar-refractivity contribution in [1.82, 2.24) is 9.88 Å². The number of halogens is 3. The molecule has 0 radical (unpaired) electrons. The molecule has 0 spiro atoms. The van der Waals surface area contributed by atoms with Crippen LogP contribution in [-0.4, -0.2) is 68.5 Å². The van der Waals surface area contributed by atoms with Crippen LogP contribution >= 0.6 is 0 Å². The number of hydrogen-bond donors (Lipinski definition) is 0. The van der Waals surface area contributed by atoms with E-state index in [4.69, 9.17) is 18.9 Å². The Labute approximate surface area is 194 Å². The van der Waals surface area contributed by atoms with E-state index in [0.717, 1.165) is 11.4 Å². The zero-order valence-electron chi connectivity index (χ0n) is 18.8. The third-order valence-corrected chi connectivity index (χ3v) is 5.87. The Bertz CT molecular complexity index is 1030. The number of rotatable bonds is 7. The van der Waals surface area contributed by atoms with E-state index < -0.39 is 18.6 Å². The van der Waals surface area contributed by atoms with E-state index in [0.29, 0.717) is 25.1 Å². The van der Waals surface area contributed by atoms with E-state index in [-0.39, 0.29) is 36.9 Å². The first-order valence-electron chi connectivity index (χ1n) is 10.7. The summed E-state index contributed by atoms with van der Waals surface area (Å²) < 4.78 is 62.4. The number of methoxy groups -OCH3 is 1. The Morgan fingerprint density at radius 2 is 2.06 bits per heavy atom. The third-order valence-electron chi connectivity index (χ3n) is 5.87. The molecule has 0 N–H and O–H groups in total. The van der Waals surface area contributed by atoms with Crippen molar-refractivity contribution in [3.05, 3.63) is 53.3 Å². The molecule has 0 aliphatic carbocycles. The lowest BCUT2D eigenvalue weighted by molar-refractivity contribution is -0.325. The Balaban J connectivity index is 1.43. The largest absolute Gasteiger partial charge is 0.522 e. The molecule has 1 aromatic carbocycles. The van der Waals surface area contributed by atoms with Crippen LogP contribution in [0, 0.1) is 6.92 Å².